The Hall–Kier alpha value is -2.42. The second kappa shape index (κ2) is 8.61. The quantitative estimate of drug-likeness (QED) is 0.382. The molecule has 0 saturated heterocycles. The van der Waals surface area contributed by atoms with E-state index in [0.717, 1.165) is 5.69 Å². The highest BCUT2D eigenvalue weighted by molar-refractivity contribution is 14.1. The van der Waals surface area contributed by atoms with Crippen LogP contribution in [0.25, 0.3) is 6.08 Å². The van der Waals surface area contributed by atoms with E-state index in [0.29, 0.717) is 11.3 Å². The van der Waals surface area contributed by atoms with Crippen LogP contribution in [-0.4, -0.2) is 22.9 Å². The molecular weight excluding hydrogens is 437 g/mol. The van der Waals surface area contributed by atoms with Gasteiger partial charge in [-0.05, 0) is 42.8 Å². The van der Waals surface area contributed by atoms with Crippen molar-refractivity contribution in [3.05, 3.63) is 69.6 Å². The molecule has 25 heavy (non-hydrogen) atoms. The lowest BCUT2D eigenvalue weighted by Crippen LogP contribution is -2.24. The second-order valence-corrected chi connectivity index (χ2v) is 5.70. The monoisotopic (exact) mass is 453 g/mol. The molecule has 0 N–H and O–H groups in total. The van der Waals surface area contributed by atoms with Crippen LogP contribution in [0.2, 0.25) is 0 Å². The number of hydrogen-bond acceptors (Lipinski definition) is 5. The van der Waals surface area contributed by atoms with Gasteiger partial charge in [0.25, 0.3) is 5.56 Å². The van der Waals surface area contributed by atoms with Gasteiger partial charge in [0.2, 0.25) is 0 Å². The van der Waals surface area contributed by atoms with Gasteiger partial charge in [0.05, 0.1) is 5.56 Å². The van der Waals surface area contributed by atoms with Gasteiger partial charge in [-0.2, -0.15) is 0 Å². The minimum atomic E-state index is -0.494. The Balaban J connectivity index is 2.14. The highest BCUT2D eigenvalue weighted by Gasteiger charge is 2.09. The van der Waals surface area contributed by atoms with Gasteiger partial charge in [0.15, 0.2) is 35.4 Å². The van der Waals surface area contributed by atoms with Crippen LogP contribution >= 0.6 is 23.0 Å². The Kier molecular flexibility index (Phi) is 6.51. The fourth-order valence-corrected chi connectivity index (χ4v) is 2.18. The fourth-order valence-electron chi connectivity index (χ4n) is 2.05. The summed E-state index contributed by atoms with van der Waals surface area (Å²) < 4.78 is 11.2. The van der Waals surface area contributed by atoms with Crippen LogP contribution in [-0.2, 0) is 14.9 Å². The first-order chi connectivity index (χ1) is 11.9. The number of aryl methyl sites for hydroxylation is 1. The van der Waals surface area contributed by atoms with Crippen LogP contribution in [0.1, 0.15) is 21.6 Å². The van der Waals surface area contributed by atoms with Gasteiger partial charge in [0.1, 0.15) is 5.75 Å². The lowest BCUT2D eigenvalue weighted by Gasteiger charge is -2.05. The van der Waals surface area contributed by atoms with Crippen molar-refractivity contribution in [2.75, 3.05) is 6.61 Å². The molecule has 2 aromatic rings. The van der Waals surface area contributed by atoms with Crippen molar-refractivity contribution in [2.24, 2.45) is 7.05 Å². The highest BCUT2D eigenvalue weighted by Crippen LogP contribution is 2.15. The molecule has 0 aliphatic heterocycles. The van der Waals surface area contributed by atoms with Crippen molar-refractivity contribution < 1.29 is 17.4 Å². The van der Waals surface area contributed by atoms with Crippen LogP contribution in [0.15, 0.2) is 47.3 Å². The molecule has 0 aliphatic rings. The predicted molar refractivity (Wildman–Crippen MR) is 102 cm³/mol. The van der Waals surface area contributed by atoms with Gasteiger partial charge in [-0.3, -0.25) is 9.59 Å². The normalized spacial score (nSPS) is 10.7. The maximum absolute atomic E-state index is 12.2. The zero-order valence-corrected chi connectivity index (χ0v) is 15.8. The Bertz CT molecular complexity index is 885. The molecule has 0 atom stereocenters. The molecule has 0 spiro atoms. The van der Waals surface area contributed by atoms with Gasteiger partial charge in [-0.25, -0.2) is 4.79 Å². The fraction of sp³-hybridized carbons (Fsp3) is 0.167. The number of allylic oxidation sites excluding steroid dienone is 1. The minimum absolute atomic E-state index is 0.113. The number of nitrogens with zero attached hydrogens (tertiary/aromatic N) is 1. The van der Waals surface area contributed by atoms with Crippen molar-refractivity contribution in [1.29, 1.82) is 0 Å². The van der Waals surface area contributed by atoms with E-state index in [1.807, 2.05) is 0 Å². The number of aromatic nitrogens is 1. The lowest BCUT2D eigenvalue weighted by molar-refractivity contribution is -0.133. The van der Waals surface area contributed by atoms with Crippen LogP contribution in [0, 0.1) is 6.92 Å². The molecule has 0 bridgehead atoms. The number of ether oxygens (including phenoxy) is 1. The predicted octanol–water partition coefficient (Wildman–Crippen LogP) is 2.86. The SMILES string of the molecule is Cc1ccc(C(=O)/C=C/c2cccc(OCC(=O)OI)c2)c(=O)n1C. The van der Waals surface area contributed by atoms with Crippen LogP contribution < -0.4 is 10.3 Å². The Morgan fingerprint density at radius 2 is 2.00 bits per heavy atom. The molecule has 2 rings (SSSR count). The zero-order valence-electron chi connectivity index (χ0n) is 13.7. The minimum Gasteiger partial charge on any atom is -0.482 e. The second-order valence-electron chi connectivity index (χ2n) is 5.26. The molecule has 6 nitrogen and oxygen atoms in total. The summed E-state index contributed by atoms with van der Waals surface area (Å²) in [6.07, 6.45) is 2.93. The summed E-state index contributed by atoms with van der Waals surface area (Å²) in [6, 6.07) is 10.1. The molecular formula is C18H16INO5. The number of ketones is 1. The first-order valence-corrected chi connectivity index (χ1v) is 8.24. The first kappa shape index (κ1) is 18.9. The maximum atomic E-state index is 12.2. The van der Waals surface area contributed by atoms with E-state index in [-0.39, 0.29) is 23.5 Å². The summed E-state index contributed by atoms with van der Waals surface area (Å²) in [7, 11) is 1.62. The van der Waals surface area contributed by atoms with Gasteiger partial charge >= 0.3 is 5.97 Å². The van der Waals surface area contributed by atoms with E-state index in [1.54, 1.807) is 50.4 Å². The molecule has 0 saturated carbocycles. The topological polar surface area (TPSA) is 74.6 Å². The van der Waals surface area contributed by atoms with E-state index >= 15 is 0 Å². The van der Waals surface area contributed by atoms with Crippen LogP contribution in [0.5, 0.6) is 5.75 Å². The molecule has 0 aliphatic carbocycles. The number of carbonyl (C=O) groups excluding carboxylic acids is 2. The average Bonchev–Trinajstić information content (AvgIpc) is 2.62. The smallest absolute Gasteiger partial charge is 0.353 e. The summed E-state index contributed by atoms with van der Waals surface area (Å²) >= 11 is 1.49. The Morgan fingerprint density at radius 3 is 2.72 bits per heavy atom. The van der Waals surface area contributed by atoms with Crippen molar-refractivity contribution >= 4 is 40.8 Å². The summed E-state index contributed by atoms with van der Waals surface area (Å²) in [4.78, 5) is 35.4. The Morgan fingerprint density at radius 1 is 1.24 bits per heavy atom. The summed E-state index contributed by atoms with van der Waals surface area (Å²) in [5.41, 5.74) is 1.27. The highest BCUT2D eigenvalue weighted by atomic mass is 127. The number of rotatable bonds is 6. The number of halogens is 1. The molecule has 1 heterocycles. The largest absolute Gasteiger partial charge is 0.482 e. The summed E-state index contributed by atoms with van der Waals surface area (Å²) in [6.45, 7) is 1.60. The van der Waals surface area contributed by atoms with Crippen molar-refractivity contribution in [3.63, 3.8) is 0 Å². The van der Waals surface area contributed by atoms with Gasteiger partial charge in [-0.1, -0.05) is 18.2 Å². The van der Waals surface area contributed by atoms with E-state index in [2.05, 4.69) is 3.07 Å². The van der Waals surface area contributed by atoms with Crippen molar-refractivity contribution in [1.82, 2.24) is 4.57 Å². The van der Waals surface area contributed by atoms with Crippen LogP contribution in [0.3, 0.4) is 0 Å². The molecule has 7 heteroatoms. The molecule has 130 valence electrons. The molecule has 0 radical (unpaired) electrons. The van der Waals surface area contributed by atoms with Gasteiger partial charge < -0.3 is 12.4 Å². The lowest BCUT2D eigenvalue weighted by atomic mass is 10.1. The van der Waals surface area contributed by atoms with E-state index in [4.69, 9.17) is 4.74 Å². The Labute approximate surface area is 158 Å². The van der Waals surface area contributed by atoms with Crippen LogP contribution in [0.4, 0.5) is 0 Å². The molecule has 0 unspecified atom stereocenters. The molecule has 1 aromatic carbocycles. The third-order valence-corrected chi connectivity index (χ3v) is 4.04. The standard InChI is InChI=1S/C18H16INO5/c1-12-6-8-15(18(23)20(12)2)16(21)9-7-13-4-3-5-14(10-13)24-11-17(22)25-19/h3-10H,11H2,1-2H3/b9-7+. The molecule has 1 aromatic heterocycles. The van der Waals surface area contributed by atoms with Crippen molar-refractivity contribution in [2.45, 2.75) is 6.92 Å². The maximum Gasteiger partial charge on any atom is 0.353 e. The van der Waals surface area contributed by atoms with E-state index in [1.165, 1.54) is 39.7 Å². The van der Waals surface area contributed by atoms with Gasteiger partial charge in [0, 0.05) is 12.7 Å². The van der Waals surface area contributed by atoms with Crippen molar-refractivity contribution in [3.8, 4) is 5.75 Å². The molecule has 0 fully saturated rings. The average molecular weight is 453 g/mol. The number of benzene rings is 1. The summed E-state index contributed by atoms with van der Waals surface area (Å²) in [5, 5.41) is 0. The third-order valence-electron chi connectivity index (χ3n) is 3.55. The van der Waals surface area contributed by atoms with Gasteiger partial charge in [-0.15, -0.1) is 0 Å². The number of pyridine rings is 1. The zero-order chi connectivity index (χ0) is 18.4. The third kappa shape index (κ3) is 5.02. The summed E-state index contributed by atoms with van der Waals surface area (Å²) in [5.74, 6) is -0.394. The molecule has 0 amide bonds. The first-order valence-electron chi connectivity index (χ1n) is 7.35. The van der Waals surface area contributed by atoms with E-state index in [9.17, 15) is 14.4 Å². The number of hydrogen-bond donors (Lipinski definition) is 0. The van der Waals surface area contributed by atoms with E-state index < -0.39 is 5.97 Å². The number of carbonyl (C=O) groups is 2.